The fourth-order valence-electron chi connectivity index (χ4n) is 2.28. The smallest absolute Gasteiger partial charge is 0.118 e. The van der Waals surface area contributed by atoms with Crippen LogP contribution < -0.4 is 4.74 Å². The van der Waals surface area contributed by atoms with Crippen LogP contribution in [0.3, 0.4) is 0 Å². The highest BCUT2D eigenvalue weighted by Crippen LogP contribution is 2.28. The number of hydrogen-bond donors (Lipinski definition) is 0. The summed E-state index contributed by atoms with van der Waals surface area (Å²) in [6, 6.07) is 23.9. The molecule has 0 bridgehead atoms. The van der Waals surface area contributed by atoms with Gasteiger partial charge in [0.15, 0.2) is 0 Å². The number of rotatable bonds is 5. The molecule has 24 heavy (non-hydrogen) atoms. The SMILES string of the molecule is COc1ccc(-c2ccc(C#N)c(SCc3ccccc3)n2)cc1. The molecule has 0 amide bonds. The molecule has 0 radical (unpaired) electrons. The quantitative estimate of drug-likeness (QED) is 0.622. The van der Waals surface area contributed by atoms with Gasteiger partial charge >= 0.3 is 0 Å². The van der Waals surface area contributed by atoms with Crippen LogP contribution >= 0.6 is 11.8 Å². The van der Waals surface area contributed by atoms with Crippen molar-refractivity contribution >= 4 is 11.8 Å². The molecule has 0 saturated carbocycles. The predicted octanol–water partition coefficient (Wildman–Crippen LogP) is 4.92. The molecule has 0 aliphatic rings. The van der Waals surface area contributed by atoms with Gasteiger partial charge in [-0.15, -0.1) is 11.8 Å². The van der Waals surface area contributed by atoms with Crippen molar-refractivity contribution in [3.8, 4) is 23.1 Å². The molecule has 1 aromatic heterocycles. The van der Waals surface area contributed by atoms with Crippen molar-refractivity contribution in [3.05, 3.63) is 77.9 Å². The van der Waals surface area contributed by atoms with Crippen molar-refractivity contribution in [1.82, 2.24) is 4.98 Å². The van der Waals surface area contributed by atoms with Crippen LogP contribution in [0.1, 0.15) is 11.1 Å². The third-order valence-corrected chi connectivity index (χ3v) is 4.65. The first-order chi connectivity index (χ1) is 11.8. The summed E-state index contributed by atoms with van der Waals surface area (Å²) >= 11 is 1.58. The first kappa shape index (κ1) is 16.1. The Morgan fingerprint density at radius 3 is 2.42 bits per heavy atom. The highest BCUT2D eigenvalue weighted by Gasteiger charge is 2.08. The minimum atomic E-state index is 0.605. The zero-order chi connectivity index (χ0) is 16.8. The van der Waals surface area contributed by atoms with E-state index in [-0.39, 0.29) is 0 Å². The number of nitriles is 1. The average molecular weight is 332 g/mol. The zero-order valence-corrected chi connectivity index (χ0v) is 14.1. The Morgan fingerprint density at radius 2 is 1.75 bits per heavy atom. The summed E-state index contributed by atoms with van der Waals surface area (Å²) in [5, 5.41) is 10.1. The number of nitrogens with zero attached hydrogens (tertiary/aromatic N) is 2. The maximum absolute atomic E-state index is 9.33. The van der Waals surface area contributed by atoms with Crippen molar-refractivity contribution in [2.24, 2.45) is 0 Å². The molecule has 2 aromatic carbocycles. The monoisotopic (exact) mass is 332 g/mol. The van der Waals surface area contributed by atoms with Crippen LogP contribution in [-0.4, -0.2) is 12.1 Å². The van der Waals surface area contributed by atoms with Crippen LogP contribution in [0, 0.1) is 11.3 Å². The molecule has 3 nitrogen and oxygen atoms in total. The normalized spacial score (nSPS) is 10.2. The lowest BCUT2D eigenvalue weighted by molar-refractivity contribution is 0.415. The Bertz CT molecular complexity index is 855. The lowest BCUT2D eigenvalue weighted by Gasteiger charge is -2.08. The summed E-state index contributed by atoms with van der Waals surface area (Å²) in [4.78, 5) is 4.68. The van der Waals surface area contributed by atoms with E-state index in [1.165, 1.54) is 5.56 Å². The third-order valence-electron chi connectivity index (χ3n) is 3.58. The van der Waals surface area contributed by atoms with Crippen molar-refractivity contribution < 1.29 is 4.74 Å². The van der Waals surface area contributed by atoms with E-state index in [1.807, 2.05) is 54.6 Å². The summed E-state index contributed by atoms with van der Waals surface area (Å²) < 4.78 is 5.19. The van der Waals surface area contributed by atoms with Gasteiger partial charge in [0.25, 0.3) is 0 Å². The molecule has 0 saturated heterocycles. The van der Waals surface area contributed by atoms with Gasteiger partial charge in [0.1, 0.15) is 16.8 Å². The summed E-state index contributed by atoms with van der Waals surface area (Å²) in [7, 11) is 1.65. The molecular weight excluding hydrogens is 316 g/mol. The van der Waals surface area contributed by atoms with Crippen LogP contribution in [0.2, 0.25) is 0 Å². The summed E-state index contributed by atoms with van der Waals surface area (Å²) in [5.41, 5.74) is 3.67. The number of hydrogen-bond acceptors (Lipinski definition) is 4. The van der Waals surface area contributed by atoms with E-state index in [9.17, 15) is 5.26 Å². The number of thioether (sulfide) groups is 1. The molecule has 0 atom stereocenters. The topological polar surface area (TPSA) is 45.9 Å². The van der Waals surface area contributed by atoms with Gasteiger partial charge < -0.3 is 4.74 Å². The largest absolute Gasteiger partial charge is 0.497 e. The first-order valence-corrected chi connectivity index (χ1v) is 8.51. The number of methoxy groups -OCH3 is 1. The van der Waals surface area contributed by atoms with E-state index >= 15 is 0 Å². The second-order valence-electron chi connectivity index (χ2n) is 5.16. The fraction of sp³-hybridized carbons (Fsp3) is 0.100. The van der Waals surface area contributed by atoms with Crippen LogP contribution in [0.15, 0.2) is 71.8 Å². The molecule has 3 aromatic rings. The van der Waals surface area contributed by atoms with Crippen molar-refractivity contribution in [3.63, 3.8) is 0 Å². The highest BCUT2D eigenvalue weighted by atomic mass is 32.2. The van der Waals surface area contributed by atoms with Crippen molar-refractivity contribution in [1.29, 1.82) is 5.26 Å². The van der Waals surface area contributed by atoms with Gasteiger partial charge in [0.2, 0.25) is 0 Å². The van der Waals surface area contributed by atoms with Crippen LogP contribution in [0.4, 0.5) is 0 Å². The second-order valence-corrected chi connectivity index (χ2v) is 6.13. The molecular formula is C20H16N2OS. The molecule has 0 N–H and O–H groups in total. The van der Waals surface area contributed by atoms with E-state index in [4.69, 9.17) is 4.74 Å². The molecule has 0 unspecified atom stereocenters. The molecule has 118 valence electrons. The Balaban J connectivity index is 1.86. The molecule has 0 aliphatic carbocycles. The van der Waals surface area contributed by atoms with Gasteiger partial charge in [0, 0.05) is 11.3 Å². The fourth-order valence-corrected chi connectivity index (χ4v) is 3.21. The van der Waals surface area contributed by atoms with Crippen molar-refractivity contribution in [2.45, 2.75) is 10.8 Å². The highest BCUT2D eigenvalue weighted by molar-refractivity contribution is 7.98. The molecule has 0 spiro atoms. The third kappa shape index (κ3) is 3.76. The van der Waals surface area contributed by atoms with E-state index in [0.29, 0.717) is 5.56 Å². The standard InChI is InChI=1S/C20H16N2OS/c1-23-18-10-7-16(8-11-18)19-12-9-17(13-21)20(22-19)24-14-15-5-3-2-4-6-15/h2-12H,14H2,1H3. The zero-order valence-electron chi connectivity index (χ0n) is 13.3. The van der Waals surface area contributed by atoms with Gasteiger partial charge in [0.05, 0.1) is 18.4 Å². The van der Waals surface area contributed by atoms with Crippen molar-refractivity contribution in [2.75, 3.05) is 7.11 Å². The minimum Gasteiger partial charge on any atom is -0.497 e. The van der Waals surface area contributed by atoms with Gasteiger partial charge in [-0.25, -0.2) is 4.98 Å². The lowest BCUT2D eigenvalue weighted by atomic mass is 10.1. The Hall–Kier alpha value is -2.77. The van der Waals surface area contributed by atoms with E-state index in [0.717, 1.165) is 27.8 Å². The Morgan fingerprint density at radius 1 is 1.00 bits per heavy atom. The second kappa shape index (κ2) is 7.67. The minimum absolute atomic E-state index is 0.605. The van der Waals surface area contributed by atoms with E-state index in [2.05, 4.69) is 23.2 Å². The predicted molar refractivity (Wildman–Crippen MR) is 96.9 cm³/mol. The Labute approximate surface area is 145 Å². The average Bonchev–Trinajstić information content (AvgIpc) is 2.67. The molecule has 4 heteroatoms. The summed E-state index contributed by atoms with van der Waals surface area (Å²) in [5.74, 6) is 1.60. The van der Waals surface area contributed by atoms with Crippen LogP contribution in [-0.2, 0) is 5.75 Å². The molecule has 0 fully saturated rings. The summed E-state index contributed by atoms with van der Waals surface area (Å²) in [6.07, 6.45) is 0. The van der Waals surface area contributed by atoms with Gasteiger partial charge in [-0.2, -0.15) is 5.26 Å². The molecule has 1 heterocycles. The number of aromatic nitrogens is 1. The maximum Gasteiger partial charge on any atom is 0.118 e. The molecule has 3 rings (SSSR count). The van der Waals surface area contributed by atoms with E-state index < -0.39 is 0 Å². The summed E-state index contributed by atoms with van der Waals surface area (Å²) in [6.45, 7) is 0. The molecule has 0 aliphatic heterocycles. The van der Waals surface area contributed by atoms with Crippen LogP contribution in [0.25, 0.3) is 11.3 Å². The van der Waals surface area contributed by atoms with Crippen LogP contribution in [0.5, 0.6) is 5.75 Å². The Kier molecular flexibility index (Phi) is 5.15. The van der Waals surface area contributed by atoms with Gasteiger partial charge in [-0.3, -0.25) is 0 Å². The number of benzene rings is 2. The maximum atomic E-state index is 9.33. The van der Waals surface area contributed by atoms with E-state index in [1.54, 1.807) is 18.9 Å². The lowest BCUT2D eigenvalue weighted by Crippen LogP contribution is -1.92. The van der Waals surface area contributed by atoms with Gasteiger partial charge in [-0.1, -0.05) is 30.3 Å². The number of ether oxygens (including phenoxy) is 1. The first-order valence-electron chi connectivity index (χ1n) is 7.52. The van der Waals surface area contributed by atoms with Gasteiger partial charge in [-0.05, 0) is 42.0 Å². The number of pyridine rings is 1.